The van der Waals surface area contributed by atoms with Gasteiger partial charge in [-0.1, -0.05) is 6.07 Å². The van der Waals surface area contributed by atoms with E-state index in [1.807, 2.05) is 4.90 Å². The van der Waals surface area contributed by atoms with Gasteiger partial charge in [-0.2, -0.15) is 0 Å². The third-order valence-electron chi connectivity index (χ3n) is 4.59. The summed E-state index contributed by atoms with van der Waals surface area (Å²) >= 11 is 0. The lowest BCUT2D eigenvalue weighted by Gasteiger charge is -2.41. The highest BCUT2D eigenvalue weighted by Gasteiger charge is 2.36. The molecule has 0 unspecified atom stereocenters. The minimum atomic E-state index is -0.999. The van der Waals surface area contributed by atoms with Crippen molar-refractivity contribution in [2.24, 2.45) is 0 Å². The van der Waals surface area contributed by atoms with Gasteiger partial charge < -0.3 is 19.6 Å². The minimum absolute atomic E-state index is 0.148. The molecule has 0 aliphatic carbocycles. The van der Waals surface area contributed by atoms with E-state index in [0.717, 1.165) is 13.0 Å². The van der Waals surface area contributed by atoms with Crippen LogP contribution in [-0.2, 0) is 0 Å². The number of nitrogens with zero attached hydrogens (tertiary/aromatic N) is 4. The number of piperidine rings is 1. The molecule has 2 aromatic rings. The molecule has 0 saturated carbocycles. The number of benzene rings is 1. The predicted octanol–water partition coefficient (Wildman–Crippen LogP) is 1.59. The highest BCUT2D eigenvalue weighted by atomic mass is 16.5. The van der Waals surface area contributed by atoms with Gasteiger partial charge in [0.25, 0.3) is 5.91 Å². The van der Waals surface area contributed by atoms with E-state index in [2.05, 4.69) is 9.97 Å². The van der Waals surface area contributed by atoms with Crippen molar-refractivity contribution in [3.63, 3.8) is 0 Å². The van der Waals surface area contributed by atoms with E-state index < -0.39 is 5.60 Å². The van der Waals surface area contributed by atoms with Crippen molar-refractivity contribution in [3.05, 3.63) is 48.3 Å². The van der Waals surface area contributed by atoms with Crippen molar-refractivity contribution in [1.82, 2.24) is 14.9 Å². The van der Waals surface area contributed by atoms with Crippen LogP contribution >= 0.6 is 0 Å². The Hall–Kier alpha value is -2.67. The predicted molar refractivity (Wildman–Crippen MR) is 98.4 cm³/mol. The highest BCUT2D eigenvalue weighted by Crippen LogP contribution is 2.25. The van der Waals surface area contributed by atoms with Gasteiger partial charge in [0.05, 0.1) is 25.8 Å². The number of anilines is 1. The zero-order valence-electron chi connectivity index (χ0n) is 15.1. The quantitative estimate of drug-likeness (QED) is 0.876. The topological polar surface area (TPSA) is 78.8 Å². The Labute approximate surface area is 153 Å². The van der Waals surface area contributed by atoms with Crippen LogP contribution in [0.2, 0.25) is 0 Å². The molecule has 1 fully saturated rings. The van der Waals surface area contributed by atoms with Crippen molar-refractivity contribution in [3.8, 4) is 5.75 Å². The van der Waals surface area contributed by atoms with E-state index in [-0.39, 0.29) is 12.5 Å². The second-order valence-corrected chi connectivity index (χ2v) is 6.69. The Bertz CT molecular complexity index is 755. The number of ether oxygens (including phenoxy) is 1. The Balaban J connectivity index is 1.69. The number of carbonyl (C=O) groups excluding carboxylic acids is 1. The Morgan fingerprint density at radius 3 is 2.85 bits per heavy atom. The van der Waals surface area contributed by atoms with E-state index in [9.17, 15) is 9.90 Å². The number of methoxy groups -OCH3 is 1. The molecular weight excluding hydrogens is 332 g/mol. The lowest BCUT2D eigenvalue weighted by atomic mass is 9.92. The zero-order valence-corrected chi connectivity index (χ0v) is 15.1. The lowest BCUT2D eigenvalue weighted by molar-refractivity contribution is -0.000300. The first-order valence-corrected chi connectivity index (χ1v) is 8.65. The Morgan fingerprint density at radius 1 is 1.35 bits per heavy atom. The number of rotatable bonds is 5. The minimum Gasteiger partial charge on any atom is -0.497 e. The van der Waals surface area contributed by atoms with Crippen LogP contribution in [0.5, 0.6) is 5.75 Å². The molecule has 7 heteroatoms. The summed E-state index contributed by atoms with van der Waals surface area (Å²) in [7, 11) is 3.27. The van der Waals surface area contributed by atoms with Crippen LogP contribution in [0, 0.1) is 0 Å². The molecule has 1 N–H and O–H groups in total. The van der Waals surface area contributed by atoms with Crippen molar-refractivity contribution in [2.45, 2.75) is 18.4 Å². The molecule has 7 nitrogen and oxygen atoms in total. The van der Waals surface area contributed by atoms with Crippen LogP contribution in [0.15, 0.2) is 42.7 Å². The fraction of sp³-hybridized carbons (Fsp3) is 0.421. The number of amides is 1. The molecule has 138 valence electrons. The molecule has 1 aliphatic rings. The van der Waals surface area contributed by atoms with Gasteiger partial charge in [-0.15, -0.1) is 0 Å². The third-order valence-corrected chi connectivity index (χ3v) is 4.59. The van der Waals surface area contributed by atoms with Gasteiger partial charge in [0.2, 0.25) is 5.95 Å². The van der Waals surface area contributed by atoms with Gasteiger partial charge in [-0.3, -0.25) is 4.79 Å². The molecule has 1 aliphatic heterocycles. The Morgan fingerprint density at radius 2 is 2.12 bits per heavy atom. The molecule has 1 aromatic carbocycles. The zero-order chi connectivity index (χ0) is 18.6. The lowest BCUT2D eigenvalue weighted by Crippen LogP contribution is -2.55. The van der Waals surface area contributed by atoms with E-state index in [4.69, 9.17) is 4.74 Å². The summed E-state index contributed by atoms with van der Waals surface area (Å²) in [4.78, 5) is 24.7. The van der Waals surface area contributed by atoms with Crippen LogP contribution in [0.1, 0.15) is 23.2 Å². The number of β-amino-alcohol motifs (C(OH)–C–C–N with tert-alkyl or cyclic N) is 1. The molecule has 1 amide bonds. The van der Waals surface area contributed by atoms with Gasteiger partial charge in [0.1, 0.15) is 5.75 Å². The molecule has 2 heterocycles. The number of likely N-dealkylation sites (N-methyl/N-ethyl adjacent to an activating group) is 1. The molecule has 1 atom stereocenters. The summed E-state index contributed by atoms with van der Waals surface area (Å²) in [6.07, 6.45) is 4.82. The second kappa shape index (κ2) is 7.70. The normalized spacial score (nSPS) is 19.9. The number of carbonyl (C=O) groups is 1. The third kappa shape index (κ3) is 4.11. The number of aliphatic hydroxyl groups is 1. The first-order valence-electron chi connectivity index (χ1n) is 8.65. The summed E-state index contributed by atoms with van der Waals surface area (Å²) in [5.41, 5.74) is -0.463. The van der Waals surface area contributed by atoms with Gasteiger partial charge in [0, 0.05) is 31.5 Å². The highest BCUT2D eigenvalue weighted by molar-refractivity contribution is 5.94. The molecule has 1 saturated heterocycles. The van der Waals surface area contributed by atoms with Crippen molar-refractivity contribution < 1.29 is 14.6 Å². The van der Waals surface area contributed by atoms with Crippen LogP contribution in [0.3, 0.4) is 0 Å². The molecular formula is C19H24N4O3. The average Bonchev–Trinajstić information content (AvgIpc) is 2.67. The van der Waals surface area contributed by atoms with E-state index in [0.29, 0.717) is 30.2 Å². The van der Waals surface area contributed by atoms with E-state index in [1.54, 1.807) is 61.8 Å². The smallest absolute Gasteiger partial charge is 0.253 e. The summed E-state index contributed by atoms with van der Waals surface area (Å²) in [5, 5.41) is 11.1. The van der Waals surface area contributed by atoms with Crippen LogP contribution in [0.4, 0.5) is 5.95 Å². The fourth-order valence-corrected chi connectivity index (χ4v) is 3.36. The maximum Gasteiger partial charge on any atom is 0.253 e. The van der Waals surface area contributed by atoms with Gasteiger partial charge in [0.15, 0.2) is 0 Å². The standard InChI is InChI=1S/C19H24N4O3/c1-22(17(24)15-6-3-7-16(12-15)26-2)13-19(25)8-4-11-23(14-19)18-20-9-5-10-21-18/h3,5-7,9-10,12,25H,4,8,11,13-14H2,1-2H3/t19-/m0/s1. The van der Waals surface area contributed by atoms with Crippen molar-refractivity contribution >= 4 is 11.9 Å². The van der Waals surface area contributed by atoms with Gasteiger partial charge in [-0.25, -0.2) is 9.97 Å². The molecule has 0 radical (unpaired) electrons. The van der Waals surface area contributed by atoms with Crippen molar-refractivity contribution in [1.29, 1.82) is 0 Å². The van der Waals surface area contributed by atoms with Gasteiger partial charge >= 0.3 is 0 Å². The van der Waals surface area contributed by atoms with Crippen LogP contribution < -0.4 is 9.64 Å². The van der Waals surface area contributed by atoms with Crippen LogP contribution in [-0.4, -0.2) is 65.3 Å². The first-order chi connectivity index (χ1) is 12.5. The first kappa shape index (κ1) is 18.1. The van der Waals surface area contributed by atoms with E-state index in [1.165, 1.54) is 0 Å². The SMILES string of the molecule is COc1cccc(C(=O)N(C)C[C@@]2(O)CCCN(c3ncccn3)C2)c1. The summed E-state index contributed by atoms with van der Waals surface area (Å²) in [6, 6.07) is 8.79. The summed E-state index contributed by atoms with van der Waals surface area (Å²) in [5.74, 6) is 1.09. The Kier molecular flexibility index (Phi) is 5.37. The molecule has 1 aromatic heterocycles. The fourth-order valence-electron chi connectivity index (χ4n) is 3.36. The average molecular weight is 356 g/mol. The molecule has 0 bridgehead atoms. The molecule has 3 rings (SSSR count). The maximum absolute atomic E-state index is 12.7. The van der Waals surface area contributed by atoms with Crippen molar-refractivity contribution in [2.75, 3.05) is 38.7 Å². The number of hydrogen-bond acceptors (Lipinski definition) is 6. The largest absolute Gasteiger partial charge is 0.497 e. The monoisotopic (exact) mass is 356 g/mol. The summed E-state index contributed by atoms with van der Waals surface area (Å²) < 4.78 is 5.18. The molecule has 0 spiro atoms. The maximum atomic E-state index is 12.7. The van der Waals surface area contributed by atoms with Gasteiger partial charge in [-0.05, 0) is 37.1 Å². The number of hydrogen-bond donors (Lipinski definition) is 1. The van der Waals surface area contributed by atoms with E-state index >= 15 is 0 Å². The van der Waals surface area contributed by atoms with Crippen LogP contribution in [0.25, 0.3) is 0 Å². The second-order valence-electron chi connectivity index (χ2n) is 6.69. The number of aromatic nitrogens is 2. The summed E-state index contributed by atoms with van der Waals surface area (Å²) in [6.45, 7) is 1.43. The molecule has 26 heavy (non-hydrogen) atoms.